The van der Waals surface area contributed by atoms with Crippen LogP contribution < -0.4 is 16.4 Å². The third kappa shape index (κ3) is 6.78. The molecule has 1 fully saturated rings. The van der Waals surface area contributed by atoms with Gasteiger partial charge in [-0.25, -0.2) is 0 Å². The number of carbonyl (C=O) groups is 4. The van der Waals surface area contributed by atoms with Gasteiger partial charge in [-0.15, -0.1) is 11.3 Å². The van der Waals surface area contributed by atoms with Crippen LogP contribution in [0.15, 0.2) is 17.5 Å². The molecule has 11 heteroatoms. The number of nitrogens with one attached hydrogen (secondary N) is 2. The molecule has 0 aromatic carbocycles. The highest BCUT2D eigenvalue weighted by Gasteiger charge is 2.37. The van der Waals surface area contributed by atoms with E-state index in [4.69, 9.17) is 15.2 Å². The molecule has 4 amide bonds. The van der Waals surface area contributed by atoms with Gasteiger partial charge in [0.05, 0.1) is 0 Å². The lowest BCUT2D eigenvalue weighted by Crippen LogP contribution is -2.60. The summed E-state index contributed by atoms with van der Waals surface area (Å²) in [5.74, 6) is -1.79. The molecule has 10 nitrogen and oxygen atoms in total. The first-order valence-electron chi connectivity index (χ1n) is 9.54. The topological polar surface area (TPSA) is 140 Å². The van der Waals surface area contributed by atoms with Gasteiger partial charge in [0.1, 0.15) is 25.3 Å². The number of rotatable bonds is 10. The average Bonchev–Trinajstić information content (AvgIpc) is 3.20. The molecule has 30 heavy (non-hydrogen) atoms. The number of hydrogen-bond donors (Lipinski definition) is 3. The Morgan fingerprint density at radius 1 is 1.27 bits per heavy atom. The van der Waals surface area contributed by atoms with Crippen LogP contribution in [0.2, 0.25) is 0 Å². The summed E-state index contributed by atoms with van der Waals surface area (Å²) in [6.07, 6.45) is 0.968. The number of thiophene rings is 1. The Labute approximate surface area is 179 Å². The molecule has 3 unspecified atom stereocenters. The number of nitrogens with two attached hydrogens (primary N) is 1. The van der Waals surface area contributed by atoms with E-state index < -0.39 is 23.9 Å². The summed E-state index contributed by atoms with van der Waals surface area (Å²) < 4.78 is 9.73. The molecule has 0 bridgehead atoms. The van der Waals surface area contributed by atoms with E-state index in [9.17, 15) is 19.2 Å². The molecule has 166 valence electrons. The van der Waals surface area contributed by atoms with Gasteiger partial charge >= 0.3 is 0 Å². The minimum Gasteiger partial charge on any atom is -0.375 e. The lowest BCUT2D eigenvalue weighted by Gasteiger charge is -2.39. The molecule has 0 radical (unpaired) electrons. The molecule has 0 saturated carbocycles. The van der Waals surface area contributed by atoms with Crippen molar-refractivity contribution in [3.05, 3.63) is 22.4 Å². The zero-order chi connectivity index (χ0) is 22.1. The van der Waals surface area contributed by atoms with Crippen LogP contribution in [0.1, 0.15) is 17.7 Å². The maximum atomic E-state index is 13.0. The molecule has 1 aliphatic rings. The van der Waals surface area contributed by atoms with Crippen molar-refractivity contribution in [1.29, 1.82) is 0 Å². The molecule has 4 N–H and O–H groups in total. The lowest BCUT2D eigenvalue weighted by molar-refractivity contribution is -0.146. The number of primary amides is 1. The summed E-state index contributed by atoms with van der Waals surface area (Å²) in [6.45, 7) is 0.00748. The summed E-state index contributed by atoms with van der Waals surface area (Å²) >= 11 is 1.46. The Kier molecular flexibility index (Phi) is 9.21. The second kappa shape index (κ2) is 11.6. The van der Waals surface area contributed by atoms with Crippen LogP contribution >= 0.6 is 11.3 Å². The van der Waals surface area contributed by atoms with Crippen LogP contribution in [-0.2, 0) is 35.1 Å². The minimum absolute atomic E-state index is 0.0930. The highest BCUT2D eigenvalue weighted by atomic mass is 32.1. The first-order valence-corrected chi connectivity index (χ1v) is 10.4. The Balaban J connectivity index is 2.12. The molecule has 2 heterocycles. The largest absolute Gasteiger partial charge is 0.375 e. The number of amides is 4. The van der Waals surface area contributed by atoms with Crippen molar-refractivity contribution >= 4 is 35.0 Å². The SMILES string of the molecule is COCC(=O)NC1CCN(C(=O)COC)C(C(=O)NC(Cc2cccs2)C(N)=O)C1. The molecule has 1 saturated heterocycles. The van der Waals surface area contributed by atoms with Gasteiger partial charge in [0.2, 0.25) is 23.6 Å². The van der Waals surface area contributed by atoms with E-state index in [1.807, 2.05) is 17.5 Å². The average molecular weight is 441 g/mol. The first-order chi connectivity index (χ1) is 14.3. The van der Waals surface area contributed by atoms with Gasteiger partial charge in [0.25, 0.3) is 0 Å². The summed E-state index contributed by atoms with van der Waals surface area (Å²) in [4.78, 5) is 51.5. The second-order valence-electron chi connectivity index (χ2n) is 7.00. The fourth-order valence-electron chi connectivity index (χ4n) is 3.37. The second-order valence-corrected chi connectivity index (χ2v) is 8.04. The molecule has 2 rings (SSSR count). The highest BCUT2D eigenvalue weighted by molar-refractivity contribution is 7.09. The zero-order valence-electron chi connectivity index (χ0n) is 17.1. The van der Waals surface area contributed by atoms with Gasteiger partial charge in [0.15, 0.2) is 0 Å². The maximum Gasteiger partial charge on any atom is 0.249 e. The molecule has 1 aliphatic heterocycles. The minimum atomic E-state index is -0.904. The van der Waals surface area contributed by atoms with E-state index in [1.165, 1.54) is 30.5 Å². The molecule has 3 atom stereocenters. The van der Waals surface area contributed by atoms with Crippen molar-refractivity contribution < 1.29 is 28.7 Å². The van der Waals surface area contributed by atoms with Crippen molar-refractivity contribution in [3.63, 3.8) is 0 Å². The van der Waals surface area contributed by atoms with Crippen molar-refractivity contribution in [2.45, 2.75) is 37.4 Å². The fraction of sp³-hybridized carbons (Fsp3) is 0.579. The molecule has 1 aromatic heterocycles. The lowest BCUT2D eigenvalue weighted by atomic mass is 9.95. The van der Waals surface area contributed by atoms with Crippen molar-refractivity contribution in [2.24, 2.45) is 5.73 Å². The number of likely N-dealkylation sites (tertiary alicyclic amines) is 1. The van der Waals surface area contributed by atoms with E-state index in [0.29, 0.717) is 6.42 Å². The first kappa shape index (κ1) is 23.8. The van der Waals surface area contributed by atoms with Gasteiger partial charge in [-0.2, -0.15) is 0 Å². The molecule has 1 aromatic rings. The number of piperidine rings is 1. The summed E-state index contributed by atoms with van der Waals surface area (Å²) in [6, 6.07) is 1.63. The van der Waals surface area contributed by atoms with Crippen LogP contribution in [-0.4, -0.2) is 80.6 Å². The zero-order valence-corrected chi connectivity index (χ0v) is 17.9. The van der Waals surface area contributed by atoms with Gasteiger partial charge in [-0.05, 0) is 24.3 Å². The smallest absolute Gasteiger partial charge is 0.249 e. The summed E-state index contributed by atoms with van der Waals surface area (Å²) in [7, 11) is 2.81. The molecule has 0 spiro atoms. The Hall–Kier alpha value is -2.50. The molecular weight excluding hydrogens is 412 g/mol. The Morgan fingerprint density at radius 3 is 2.60 bits per heavy atom. The van der Waals surface area contributed by atoms with Gasteiger partial charge in [0, 0.05) is 38.1 Å². The van der Waals surface area contributed by atoms with Crippen molar-refractivity contribution in [3.8, 4) is 0 Å². The van der Waals surface area contributed by atoms with Crippen LogP contribution in [0.4, 0.5) is 0 Å². The van der Waals surface area contributed by atoms with Crippen LogP contribution in [0, 0.1) is 0 Å². The molecular formula is C19H28N4O6S. The third-order valence-corrected chi connectivity index (χ3v) is 5.68. The van der Waals surface area contributed by atoms with Gasteiger partial charge in [-0.3, -0.25) is 19.2 Å². The Morgan fingerprint density at radius 2 is 2.00 bits per heavy atom. The Bertz CT molecular complexity index is 741. The predicted molar refractivity (Wildman–Crippen MR) is 110 cm³/mol. The number of methoxy groups -OCH3 is 2. The quantitative estimate of drug-likeness (QED) is 0.428. The standard InChI is InChI=1S/C19H28N4O6S/c1-28-10-16(24)21-12-5-6-23(17(25)11-29-2)15(8-12)19(27)22-14(18(20)26)9-13-4-3-7-30-13/h3-4,7,12,14-15H,5-6,8-11H2,1-2H3,(H2,20,26)(H,21,24)(H,22,27). The highest BCUT2D eigenvalue weighted by Crippen LogP contribution is 2.19. The number of hydrogen-bond acceptors (Lipinski definition) is 7. The van der Waals surface area contributed by atoms with E-state index in [-0.39, 0.29) is 50.5 Å². The van der Waals surface area contributed by atoms with Crippen molar-refractivity contribution in [1.82, 2.24) is 15.5 Å². The van der Waals surface area contributed by atoms with E-state index in [2.05, 4.69) is 10.6 Å². The fourth-order valence-corrected chi connectivity index (χ4v) is 4.12. The number of carbonyl (C=O) groups excluding carboxylic acids is 4. The van der Waals surface area contributed by atoms with Crippen LogP contribution in [0.3, 0.4) is 0 Å². The third-order valence-electron chi connectivity index (χ3n) is 4.78. The van der Waals surface area contributed by atoms with Crippen LogP contribution in [0.5, 0.6) is 0 Å². The predicted octanol–water partition coefficient (Wildman–Crippen LogP) is -0.971. The van der Waals surface area contributed by atoms with Gasteiger partial charge < -0.3 is 30.7 Å². The van der Waals surface area contributed by atoms with Gasteiger partial charge in [-0.1, -0.05) is 6.07 Å². The number of ether oxygens (including phenoxy) is 2. The summed E-state index contributed by atoms with van der Waals surface area (Å²) in [5.41, 5.74) is 5.48. The van der Waals surface area contributed by atoms with Crippen LogP contribution in [0.25, 0.3) is 0 Å². The monoisotopic (exact) mass is 440 g/mol. The van der Waals surface area contributed by atoms with Crippen molar-refractivity contribution in [2.75, 3.05) is 34.0 Å². The maximum absolute atomic E-state index is 13.0. The normalized spacial score (nSPS) is 19.7. The summed E-state index contributed by atoms with van der Waals surface area (Å²) in [5, 5.41) is 7.35. The van der Waals surface area contributed by atoms with E-state index in [1.54, 1.807) is 0 Å². The molecule has 0 aliphatic carbocycles. The number of nitrogens with zero attached hydrogens (tertiary/aromatic N) is 1. The van der Waals surface area contributed by atoms with E-state index in [0.717, 1.165) is 4.88 Å². The van der Waals surface area contributed by atoms with E-state index >= 15 is 0 Å².